The first-order valence-corrected chi connectivity index (χ1v) is 8.30. The molecule has 0 bridgehead atoms. The molecule has 1 fully saturated rings. The Kier molecular flexibility index (Phi) is 5.54. The Morgan fingerprint density at radius 2 is 1.83 bits per heavy atom. The summed E-state index contributed by atoms with van der Waals surface area (Å²) in [6.07, 6.45) is 5.91. The molecule has 24 heavy (non-hydrogen) atoms. The molecule has 1 aliphatic carbocycles. The number of ether oxygens (including phenoxy) is 2. The quantitative estimate of drug-likeness (QED) is 0.507. The van der Waals surface area contributed by atoms with Crippen LogP contribution in [0.5, 0.6) is 0 Å². The maximum atomic E-state index is 11.8. The van der Waals surface area contributed by atoms with Crippen molar-refractivity contribution in [3.8, 4) is 0 Å². The summed E-state index contributed by atoms with van der Waals surface area (Å²) in [6, 6.07) is 3.65. The summed E-state index contributed by atoms with van der Waals surface area (Å²) in [4.78, 5) is 28.3. The number of carbonyl (C=O) groups is 2. The van der Waals surface area contributed by atoms with E-state index in [1.54, 1.807) is 25.5 Å². The zero-order valence-electron chi connectivity index (χ0n) is 14.1. The minimum Gasteiger partial charge on any atom is -0.421 e. The van der Waals surface area contributed by atoms with Crippen molar-refractivity contribution in [2.75, 3.05) is 7.05 Å². The van der Waals surface area contributed by atoms with Crippen LogP contribution in [0.1, 0.15) is 45.1 Å². The Morgan fingerprint density at radius 3 is 2.33 bits per heavy atom. The molecule has 7 heteroatoms. The van der Waals surface area contributed by atoms with Gasteiger partial charge >= 0.3 is 11.9 Å². The number of rotatable bonds is 4. The summed E-state index contributed by atoms with van der Waals surface area (Å²) in [7, 11) is 1.71. The first-order chi connectivity index (χ1) is 11.4. The molecule has 6 nitrogen and oxygen atoms in total. The number of carbonyl (C=O) groups excluding carboxylic acids is 2. The second kappa shape index (κ2) is 7.25. The number of thiocarbonyl (C=S) groups is 1. The van der Waals surface area contributed by atoms with Gasteiger partial charge in [0.15, 0.2) is 0 Å². The normalized spacial score (nSPS) is 22.3. The van der Waals surface area contributed by atoms with E-state index in [1.165, 1.54) is 13.8 Å². The fourth-order valence-electron chi connectivity index (χ4n) is 3.52. The van der Waals surface area contributed by atoms with Crippen LogP contribution in [0.25, 0.3) is 0 Å². The van der Waals surface area contributed by atoms with Gasteiger partial charge in [-0.2, -0.15) is 0 Å². The van der Waals surface area contributed by atoms with E-state index in [0.29, 0.717) is 17.8 Å². The van der Waals surface area contributed by atoms with Crippen molar-refractivity contribution < 1.29 is 19.1 Å². The van der Waals surface area contributed by atoms with Crippen molar-refractivity contribution in [3.63, 3.8) is 0 Å². The molecule has 0 aliphatic heterocycles. The van der Waals surface area contributed by atoms with Gasteiger partial charge in [-0.3, -0.25) is 14.6 Å². The van der Waals surface area contributed by atoms with E-state index in [2.05, 4.69) is 10.3 Å². The number of nitrogens with one attached hydrogen (secondary N) is 1. The molecule has 1 aromatic rings. The lowest BCUT2D eigenvalue weighted by Crippen LogP contribution is -2.64. The zero-order valence-corrected chi connectivity index (χ0v) is 14.9. The van der Waals surface area contributed by atoms with E-state index in [4.69, 9.17) is 21.7 Å². The number of likely N-dealkylation sites (N-methyl/N-ethyl adjacent to an activating group) is 1. The second-order valence-electron chi connectivity index (χ2n) is 5.87. The van der Waals surface area contributed by atoms with Gasteiger partial charge in [0, 0.05) is 39.7 Å². The highest BCUT2D eigenvalue weighted by Gasteiger charge is 2.62. The smallest absolute Gasteiger partial charge is 0.305 e. The van der Waals surface area contributed by atoms with Crippen molar-refractivity contribution in [2.24, 2.45) is 0 Å². The van der Waals surface area contributed by atoms with E-state index in [9.17, 15) is 9.59 Å². The number of aromatic nitrogens is 1. The first kappa shape index (κ1) is 18.3. The zero-order chi connectivity index (χ0) is 17.8. The molecule has 0 amide bonds. The lowest BCUT2D eigenvalue weighted by Gasteiger charge is -2.51. The van der Waals surface area contributed by atoms with Crippen molar-refractivity contribution in [2.45, 2.75) is 50.7 Å². The molecule has 1 heterocycles. The summed E-state index contributed by atoms with van der Waals surface area (Å²) in [6.45, 7) is 2.60. The van der Waals surface area contributed by atoms with Crippen LogP contribution in [-0.4, -0.2) is 34.7 Å². The molecule has 0 aromatic carbocycles. The summed E-state index contributed by atoms with van der Waals surface area (Å²) in [5.41, 5.74) is -0.215. The SMILES string of the molecule is CNC(=S)C1(c2cccnc2)CCCCC1(OC(C)=O)OC(C)=O. The first-order valence-electron chi connectivity index (χ1n) is 7.90. The molecule has 1 aliphatic rings. The predicted molar refractivity (Wildman–Crippen MR) is 92.3 cm³/mol. The Hall–Kier alpha value is -2.02. The molecule has 1 N–H and O–H groups in total. The van der Waals surface area contributed by atoms with Crippen LogP contribution in [0.15, 0.2) is 24.5 Å². The van der Waals surface area contributed by atoms with Crippen LogP contribution in [0.2, 0.25) is 0 Å². The third-order valence-electron chi connectivity index (χ3n) is 4.34. The fraction of sp³-hybridized carbons (Fsp3) is 0.529. The summed E-state index contributed by atoms with van der Waals surface area (Å²) < 4.78 is 11.3. The van der Waals surface area contributed by atoms with Crippen LogP contribution >= 0.6 is 12.2 Å². The van der Waals surface area contributed by atoms with E-state index in [1.807, 2.05) is 6.07 Å². The average Bonchev–Trinajstić information content (AvgIpc) is 2.54. The van der Waals surface area contributed by atoms with Crippen molar-refractivity contribution in [1.82, 2.24) is 10.3 Å². The summed E-state index contributed by atoms with van der Waals surface area (Å²) in [5, 5.41) is 3.00. The molecule has 1 aromatic heterocycles. The van der Waals surface area contributed by atoms with Crippen molar-refractivity contribution in [1.29, 1.82) is 0 Å². The van der Waals surface area contributed by atoms with E-state index >= 15 is 0 Å². The average molecular weight is 350 g/mol. The minimum absolute atomic E-state index is 0.378. The molecule has 130 valence electrons. The van der Waals surface area contributed by atoms with Gasteiger partial charge in [-0.1, -0.05) is 24.7 Å². The molecule has 0 saturated heterocycles. The Bertz CT molecular complexity index is 619. The van der Waals surface area contributed by atoms with Gasteiger partial charge in [0.1, 0.15) is 5.41 Å². The maximum absolute atomic E-state index is 11.8. The number of nitrogens with zero attached hydrogens (tertiary/aromatic N) is 1. The molecule has 0 spiro atoms. The third-order valence-corrected chi connectivity index (χ3v) is 4.90. The van der Waals surface area contributed by atoms with Crippen LogP contribution in [0.4, 0.5) is 0 Å². The van der Waals surface area contributed by atoms with Crippen molar-refractivity contribution in [3.05, 3.63) is 30.1 Å². The molecular weight excluding hydrogens is 328 g/mol. The standard InChI is InChI=1S/C17H22N2O4S/c1-12(20)22-17(23-13(2)21)9-5-4-8-16(17,15(24)18-3)14-7-6-10-19-11-14/h6-7,10-11H,4-5,8-9H2,1-3H3,(H,18,24). The number of esters is 2. The van der Waals surface area contributed by atoms with E-state index < -0.39 is 23.1 Å². The molecular formula is C17H22N2O4S. The van der Waals surface area contributed by atoms with Gasteiger partial charge in [-0.25, -0.2) is 0 Å². The lowest BCUT2D eigenvalue weighted by molar-refractivity contribution is -0.253. The Labute approximate surface area is 146 Å². The maximum Gasteiger partial charge on any atom is 0.305 e. The minimum atomic E-state index is -1.48. The number of hydrogen-bond donors (Lipinski definition) is 1. The summed E-state index contributed by atoms with van der Waals surface area (Å²) >= 11 is 5.60. The van der Waals surface area contributed by atoms with E-state index in [-0.39, 0.29) is 0 Å². The van der Waals surface area contributed by atoms with E-state index in [0.717, 1.165) is 18.4 Å². The topological polar surface area (TPSA) is 77.5 Å². The Balaban J connectivity index is 2.72. The monoisotopic (exact) mass is 350 g/mol. The van der Waals surface area contributed by atoms with Crippen LogP contribution in [0, 0.1) is 0 Å². The number of pyridine rings is 1. The highest BCUT2D eigenvalue weighted by Crippen LogP contribution is 2.50. The molecule has 1 saturated carbocycles. The Morgan fingerprint density at radius 1 is 1.21 bits per heavy atom. The van der Waals surface area contributed by atoms with Gasteiger partial charge in [-0.15, -0.1) is 0 Å². The number of hydrogen-bond acceptors (Lipinski definition) is 6. The van der Waals surface area contributed by atoms with Crippen LogP contribution in [0.3, 0.4) is 0 Å². The van der Waals surface area contributed by atoms with Gasteiger partial charge < -0.3 is 14.8 Å². The highest BCUT2D eigenvalue weighted by molar-refractivity contribution is 7.80. The van der Waals surface area contributed by atoms with Crippen LogP contribution in [-0.2, 0) is 24.5 Å². The van der Waals surface area contributed by atoms with Gasteiger partial charge in [0.25, 0.3) is 5.79 Å². The lowest BCUT2D eigenvalue weighted by atomic mass is 9.64. The fourth-order valence-corrected chi connectivity index (χ4v) is 3.90. The van der Waals surface area contributed by atoms with Gasteiger partial charge in [0.05, 0.1) is 4.99 Å². The largest absolute Gasteiger partial charge is 0.421 e. The highest BCUT2D eigenvalue weighted by atomic mass is 32.1. The summed E-state index contributed by atoms with van der Waals surface area (Å²) in [5.74, 6) is -2.53. The van der Waals surface area contributed by atoms with Crippen molar-refractivity contribution >= 4 is 29.1 Å². The molecule has 1 atom stereocenters. The molecule has 2 rings (SSSR count). The molecule has 0 radical (unpaired) electrons. The second-order valence-corrected chi connectivity index (χ2v) is 6.28. The van der Waals surface area contributed by atoms with Gasteiger partial charge in [0.2, 0.25) is 0 Å². The molecule has 1 unspecified atom stereocenters. The van der Waals surface area contributed by atoms with Gasteiger partial charge in [-0.05, 0) is 24.5 Å². The third kappa shape index (κ3) is 3.13. The van der Waals surface area contributed by atoms with Crippen LogP contribution < -0.4 is 5.32 Å². The predicted octanol–water partition coefficient (Wildman–Crippen LogP) is 2.26.